The van der Waals surface area contributed by atoms with Crippen molar-refractivity contribution < 1.29 is 12.8 Å². The van der Waals surface area contributed by atoms with E-state index in [1.54, 1.807) is 0 Å². The predicted octanol–water partition coefficient (Wildman–Crippen LogP) is 1.64. The number of benzene rings is 1. The van der Waals surface area contributed by atoms with Crippen LogP contribution in [0.1, 0.15) is 6.42 Å². The van der Waals surface area contributed by atoms with Crippen LogP contribution in [-0.4, -0.2) is 21.5 Å². The first-order valence-electron chi connectivity index (χ1n) is 4.63. The summed E-state index contributed by atoms with van der Waals surface area (Å²) in [5.74, 6) is -0.783. The van der Waals surface area contributed by atoms with Gasteiger partial charge in [0.1, 0.15) is 10.7 Å². The second-order valence-corrected chi connectivity index (χ2v) is 5.65. The largest absolute Gasteiger partial charge is 0.330 e. The molecule has 0 aliphatic heterocycles. The molecule has 0 saturated heterocycles. The van der Waals surface area contributed by atoms with E-state index in [0.717, 1.165) is 6.07 Å². The summed E-state index contributed by atoms with van der Waals surface area (Å²) in [6.45, 7) is 0.570. The van der Waals surface area contributed by atoms with Gasteiger partial charge < -0.3 is 5.73 Å². The molecule has 0 bridgehead atoms. The van der Waals surface area contributed by atoms with Crippen LogP contribution in [0.15, 0.2) is 27.6 Å². The maximum Gasteiger partial charge on any atom is 0.244 e. The number of nitrogens with one attached hydrogen (secondary N) is 1. The molecule has 1 aromatic rings. The highest BCUT2D eigenvalue weighted by Gasteiger charge is 2.21. The fourth-order valence-corrected chi connectivity index (χ4v) is 3.31. The number of hydrogen-bond donors (Lipinski definition) is 2. The van der Waals surface area contributed by atoms with Gasteiger partial charge in [0, 0.05) is 11.0 Å². The Labute approximate surface area is 114 Å². The van der Waals surface area contributed by atoms with E-state index in [1.165, 1.54) is 12.1 Å². The van der Waals surface area contributed by atoms with Gasteiger partial charge in [-0.3, -0.25) is 0 Å². The maximum atomic E-state index is 13.4. The Kier molecular flexibility index (Phi) is 7.18. The first-order valence-corrected chi connectivity index (χ1v) is 6.90. The molecule has 4 nitrogen and oxygen atoms in total. The molecule has 0 unspecified atom stereocenters. The third kappa shape index (κ3) is 4.51. The maximum absolute atomic E-state index is 13.4. The molecule has 1 rings (SSSR count). The lowest BCUT2D eigenvalue weighted by Crippen LogP contribution is -2.27. The smallest absolute Gasteiger partial charge is 0.244 e. The molecule has 1 aromatic carbocycles. The Morgan fingerprint density at radius 1 is 1.41 bits per heavy atom. The fourth-order valence-electron chi connectivity index (χ4n) is 1.12. The third-order valence-electron chi connectivity index (χ3n) is 1.86. The van der Waals surface area contributed by atoms with Crippen molar-refractivity contribution in [2.45, 2.75) is 11.3 Å². The summed E-state index contributed by atoms with van der Waals surface area (Å²) < 4.78 is 39.3. The van der Waals surface area contributed by atoms with Crippen LogP contribution in [0.2, 0.25) is 0 Å². The minimum absolute atomic E-state index is 0. The monoisotopic (exact) mass is 346 g/mol. The first kappa shape index (κ1) is 16.8. The van der Waals surface area contributed by atoms with Gasteiger partial charge in [0.15, 0.2) is 0 Å². The number of sulfonamides is 1. The molecule has 0 fully saturated rings. The van der Waals surface area contributed by atoms with E-state index in [2.05, 4.69) is 20.7 Å². The van der Waals surface area contributed by atoms with E-state index in [-0.39, 0.29) is 28.3 Å². The zero-order chi connectivity index (χ0) is 12.2. The van der Waals surface area contributed by atoms with Crippen LogP contribution < -0.4 is 10.5 Å². The van der Waals surface area contributed by atoms with Crippen LogP contribution in [0.3, 0.4) is 0 Å². The van der Waals surface area contributed by atoms with E-state index in [4.69, 9.17) is 5.73 Å². The highest BCUT2D eigenvalue weighted by Crippen LogP contribution is 2.24. The highest BCUT2D eigenvalue weighted by atomic mass is 79.9. The minimum atomic E-state index is -3.82. The van der Waals surface area contributed by atoms with E-state index < -0.39 is 15.8 Å². The van der Waals surface area contributed by atoms with Gasteiger partial charge in [0.25, 0.3) is 0 Å². The van der Waals surface area contributed by atoms with Crippen LogP contribution in [0.25, 0.3) is 0 Å². The average molecular weight is 348 g/mol. The summed E-state index contributed by atoms with van der Waals surface area (Å²) in [5.41, 5.74) is 5.24. The molecule has 8 heteroatoms. The van der Waals surface area contributed by atoms with Crippen molar-refractivity contribution in [1.29, 1.82) is 0 Å². The van der Waals surface area contributed by atoms with Gasteiger partial charge in [-0.2, -0.15) is 0 Å². The minimum Gasteiger partial charge on any atom is -0.330 e. The Hall–Kier alpha value is -0.210. The topological polar surface area (TPSA) is 72.2 Å². The molecule has 0 aromatic heterocycles. The number of halogens is 3. The molecule has 0 atom stereocenters. The zero-order valence-corrected chi connectivity index (χ0v) is 12.0. The SMILES string of the molecule is Cl.NCCCNS(=O)(=O)c1c(F)cccc1Br. The summed E-state index contributed by atoms with van der Waals surface area (Å²) in [5, 5.41) is 0. The zero-order valence-electron chi connectivity index (χ0n) is 8.82. The molecular formula is C9H13BrClFN2O2S. The summed E-state index contributed by atoms with van der Waals surface area (Å²) in [6, 6.07) is 4.00. The van der Waals surface area contributed by atoms with E-state index in [1.807, 2.05) is 0 Å². The number of rotatable bonds is 5. The normalized spacial score (nSPS) is 11.0. The predicted molar refractivity (Wildman–Crippen MR) is 70.2 cm³/mol. The molecule has 0 amide bonds. The summed E-state index contributed by atoms with van der Waals surface area (Å²) in [7, 11) is -3.82. The van der Waals surface area contributed by atoms with Crippen LogP contribution in [-0.2, 0) is 10.0 Å². The standard InChI is InChI=1S/C9H12BrFN2O2S.ClH/c10-7-3-1-4-8(11)9(7)16(14,15)13-6-2-5-12;/h1,3-4,13H,2,5-6,12H2;1H. The van der Waals surface area contributed by atoms with Gasteiger partial charge in [-0.1, -0.05) is 6.07 Å². The van der Waals surface area contributed by atoms with Gasteiger partial charge in [0.2, 0.25) is 10.0 Å². The molecule has 17 heavy (non-hydrogen) atoms. The Morgan fingerprint density at radius 3 is 2.59 bits per heavy atom. The van der Waals surface area contributed by atoms with Gasteiger partial charge in [-0.05, 0) is 41.0 Å². The molecule has 0 heterocycles. The van der Waals surface area contributed by atoms with Crippen molar-refractivity contribution in [2.24, 2.45) is 5.73 Å². The Morgan fingerprint density at radius 2 is 2.06 bits per heavy atom. The van der Waals surface area contributed by atoms with Crippen LogP contribution in [0.5, 0.6) is 0 Å². The van der Waals surface area contributed by atoms with Gasteiger partial charge >= 0.3 is 0 Å². The quantitative estimate of drug-likeness (QED) is 0.795. The van der Waals surface area contributed by atoms with Crippen molar-refractivity contribution in [3.63, 3.8) is 0 Å². The van der Waals surface area contributed by atoms with Crippen molar-refractivity contribution in [3.8, 4) is 0 Å². The molecule has 0 aliphatic carbocycles. The van der Waals surface area contributed by atoms with Crippen molar-refractivity contribution >= 4 is 38.4 Å². The molecular weight excluding hydrogens is 335 g/mol. The number of nitrogens with two attached hydrogens (primary N) is 1. The van der Waals surface area contributed by atoms with Crippen molar-refractivity contribution in [1.82, 2.24) is 4.72 Å². The van der Waals surface area contributed by atoms with Gasteiger partial charge in [-0.25, -0.2) is 17.5 Å². The molecule has 0 radical (unpaired) electrons. The summed E-state index contributed by atoms with van der Waals surface area (Å²) in [4.78, 5) is -0.368. The van der Waals surface area contributed by atoms with E-state index in [0.29, 0.717) is 13.0 Å². The van der Waals surface area contributed by atoms with Crippen LogP contribution in [0, 0.1) is 5.82 Å². The summed E-state index contributed by atoms with van der Waals surface area (Å²) >= 11 is 3.01. The summed E-state index contributed by atoms with van der Waals surface area (Å²) in [6.07, 6.45) is 0.505. The van der Waals surface area contributed by atoms with E-state index >= 15 is 0 Å². The van der Waals surface area contributed by atoms with Crippen LogP contribution >= 0.6 is 28.3 Å². The van der Waals surface area contributed by atoms with Crippen molar-refractivity contribution in [2.75, 3.05) is 13.1 Å². The Balaban J connectivity index is 0.00000256. The molecule has 0 aliphatic rings. The van der Waals surface area contributed by atoms with Gasteiger partial charge in [0.05, 0.1) is 0 Å². The third-order valence-corrected chi connectivity index (χ3v) is 4.32. The highest BCUT2D eigenvalue weighted by molar-refractivity contribution is 9.10. The lowest BCUT2D eigenvalue weighted by Gasteiger charge is -2.08. The fraction of sp³-hybridized carbons (Fsp3) is 0.333. The second kappa shape index (κ2) is 7.27. The Bertz CT molecular complexity index is 450. The van der Waals surface area contributed by atoms with Gasteiger partial charge in [-0.15, -0.1) is 12.4 Å². The number of hydrogen-bond acceptors (Lipinski definition) is 3. The molecule has 0 saturated carbocycles. The molecule has 98 valence electrons. The lowest BCUT2D eigenvalue weighted by atomic mass is 10.3. The van der Waals surface area contributed by atoms with Crippen molar-refractivity contribution in [3.05, 3.63) is 28.5 Å². The first-order chi connectivity index (χ1) is 7.49. The molecule has 0 spiro atoms. The van der Waals surface area contributed by atoms with E-state index in [9.17, 15) is 12.8 Å². The molecule has 3 N–H and O–H groups in total. The lowest BCUT2D eigenvalue weighted by molar-refractivity contribution is 0.554. The van der Waals surface area contributed by atoms with Crippen LogP contribution in [0.4, 0.5) is 4.39 Å². The average Bonchev–Trinajstić information content (AvgIpc) is 2.17. The second-order valence-electron chi connectivity index (χ2n) is 3.09.